The van der Waals surface area contributed by atoms with E-state index in [1.54, 1.807) is 31.3 Å². The molecule has 0 saturated carbocycles. The van der Waals surface area contributed by atoms with Crippen LogP contribution in [0.2, 0.25) is 0 Å². The summed E-state index contributed by atoms with van der Waals surface area (Å²) >= 11 is 0. The highest BCUT2D eigenvalue weighted by atomic mass is 16.2. The quantitative estimate of drug-likeness (QED) is 0.912. The summed E-state index contributed by atoms with van der Waals surface area (Å²) < 4.78 is 0. The van der Waals surface area contributed by atoms with E-state index in [0.29, 0.717) is 6.54 Å². The van der Waals surface area contributed by atoms with Crippen LogP contribution in [0.5, 0.6) is 0 Å². The second-order valence-electron chi connectivity index (χ2n) is 5.40. The van der Waals surface area contributed by atoms with Gasteiger partial charge >= 0.3 is 0 Å². The Hall–Kier alpha value is -2.20. The highest BCUT2D eigenvalue weighted by Crippen LogP contribution is 2.19. The summed E-state index contributed by atoms with van der Waals surface area (Å²) in [7, 11) is 1.79. The van der Waals surface area contributed by atoms with Gasteiger partial charge in [-0.3, -0.25) is 9.78 Å². The van der Waals surface area contributed by atoms with Gasteiger partial charge in [-0.25, -0.2) is 0 Å². The maximum atomic E-state index is 12.6. The van der Waals surface area contributed by atoms with Crippen molar-refractivity contribution in [1.82, 2.24) is 9.88 Å². The lowest BCUT2D eigenvalue weighted by Crippen LogP contribution is -2.50. The van der Waals surface area contributed by atoms with Gasteiger partial charge in [0.2, 0.25) is 5.91 Å². The van der Waals surface area contributed by atoms with Crippen molar-refractivity contribution in [2.75, 3.05) is 13.6 Å². The number of nitrogens with zero attached hydrogens (tertiary/aromatic N) is 2. The summed E-state index contributed by atoms with van der Waals surface area (Å²) in [5.74, 6) is -0.0808. The van der Waals surface area contributed by atoms with Crippen molar-refractivity contribution in [3.05, 3.63) is 66.0 Å². The van der Waals surface area contributed by atoms with E-state index in [9.17, 15) is 4.79 Å². The third-order valence-corrected chi connectivity index (χ3v) is 3.65. The molecule has 0 aliphatic rings. The number of carbonyl (C=O) groups excluding carboxylic acids is 1. The van der Waals surface area contributed by atoms with E-state index in [-0.39, 0.29) is 5.91 Å². The first kappa shape index (κ1) is 15.2. The molecule has 1 atom stereocenters. The van der Waals surface area contributed by atoms with Crippen LogP contribution in [0.1, 0.15) is 18.1 Å². The predicted octanol–water partition coefficient (Wildman–Crippen LogP) is 1.96. The molecule has 21 heavy (non-hydrogen) atoms. The van der Waals surface area contributed by atoms with Gasteiger partial charge in [-0.2, -0.15) is 0 Å². The summed E-state index contributed by atoms with van der Waals surface area (Å²) in [5, 5.41) is 0. The van der Waals surface area contributed by atoms with Crippen LogP contribution in [-0.2, 0) is 16.8 Å². The molecule has 2 N–H and O–H groups in total. The average molecular weight is 283 g/mol. The number of aromatic nitrogens is 1. The number of hydrogen-bond acceptors (Lipinski definition) is 3. The Balaban J connectivity index is 2.02. The van der Waals surface area contributed by atoms with Crippen molar-refractivity contribution in [2.45, 2.75) is 18.9 Å². The first-order valence-corrected chi connectivity index (χ1v) is 7.00. The largest absolute Gasteiger partial charge is 0.344 e. The molecule has 1 aromatic heterocycles. The normalized spacial score (nSPS) is 13.5. The topological polar surface area (TPSA) is 59.2 Å². The molecule has 0 aliphatic heterocycles. The van der Waals surface area contributed by atoms with Gasteiger partial charge in [0.25, 0.3) is 0 Å². The van der Waals surface area contributed by atoms with Gasteiger partial charge in [-0.15, -0.1) is 0 Å². The summed E-state index contributed by atoms with van der Waals surface area (Å²) in [4.78, 5) is 18.2. The highest BCUT2D eigenvalue weighted by Gasteiger charge is 2.32. The zero-order chi connectivity index (χ0) is 15.3. The molecule has 1 aromatic carbocycles. The molecule has 1 unspecified atom stereocenters. The molecular formula is C17H21N3O. The third-order valence-electron chi connectivity index (χ3n) is 3.65. The minimum atomic E-state index is -1.01. The molecule has 1 heterocycles. The Morgan fingerprint density at radius 2 is 1.81 bits per heavy atom. The van der Waals surface area contributed by atoms with Gasteiger partial charge in [0.1, 0.15) is 5.54 Å². The van der Waals surface area contributed by atoms with Crippen LogP contribution in [0.15, 0.2) is 54.9 Å². The highest BCUT2D eigenvalue weighted by molar-refractivity contribution is 5.86. The molecule has 110 valence electrons. The second kappa shape index (κ2) is 6.50. The minimum Gasteiger partial charge on any atom is -0.344 e. The Morgan fingerprint density at radius 1 is 1.19 bits per heavy atom. The standard InChI is InChI=1S/C17H21N3O/c1-17(18,15-6-4-3-5-7-15)16(21)20(2)13-10-14-8-11-19-12-9-14/h3-9,11-12H,10,13,18H2,1-2H3. The molecule has 0 fully saturated rings. The maximum absolute atomic E-state index is 12.6. The van der Waals surface area contributed by atoms with E-state index in [0.717, 1.165) is 17.5 Å². The maximum Gasteiger partial charge on any atom is 0.246 e. The van der Waals surface area contributed by atoms with Gasteiger partial charge in [0.05, 0.1) is 0 Å². The van der Waals surface area contributed by atoms with E-state index in [2.05, 4.69) is 4.98 Å². The third kappa shape index (κ3) is 3.67. The molecular weight excluding hydrogens is 262 g/mol. The summed E-state index contributed by atoms with van der Waals surface area (Å²) in [6, 6.07) is 13.4. The monoisotopic (exact) mass is 283 g/mol. The second-order valence-corrected chi connectivity index (χ2v) is 5.40. The van der Waals surface area contributed by atoms with Gasteiger partial charge in [-0.05, 0) is 36.6 Å². The number of carbonyl (C=O) groups is 1. The number of rotatable bonds is 5. The smallest absolute Gasteiger partial charge is 0.246 e. The Morgan fingerprint density at radius 3 is 2.43 bits per heavy atom. The molecule has 0 bridgehead atoms. The van der Waals surface area contributed by atoms with Crippen molar-refractivity contribution in [1.29, 1.82) is 0 Å². The van der Waals surface area contributed by atoms with Crippen molar-refractivity contribution in [3.63, 3.8) is 0 Å². The predicted molar refractivity (Wildman–Crippen MR) is 83.6 cm³/mol. The number of pyridine rings is 1. The zero-order valence-electron chi connectivity index (χ0n) is 12.5. The van der Waals surface area contributed by atoms with E-state index in [4.69, 9.17) is 5.73 Å². The molecule has 1 amide bonds. The first-order valence-electron chi connectivity index (χ1n) is 7.00. The lowest BCUT2D eigenvalue weighted by Gasteiger charge is -2.29. The minimum absolute atomic E-state index is 0.0808. The molecule has 4 heteroatoms. The van der Waals surface area contributed by atoms with E-state index >= 15 is 0 Å². The van der Waals surface area contributed by atoms with Crippen molar-refractivity contribution < 1.29 is 4.79 Å². The van der Waals surface area contributed by atoms with Crippen molar-refractivity contribution in [2.24, 2.45) is 5.73 Å². The van der Waals surface area contributed by atoms with Crippen LogP contribution < -0.4 is 5.73 Å². The van der Waals surface area contributed by atoms with Crippen LogP contribution >= 0.6 is 0 Å². The molecule has 2 rings (SSSR count). The van der Waals surface area contributed by atoms with Gasteiger partial charge in [0.15, 0.2) is 0 Å². The molecule has 0 spiro atoms. The molecule has 0 saturated heterocycles. The van der Waals surface area contributed by atoms with Gasteiger partial charge in [0, 0.05) is 26.0 Å². The Bertz CT molecular complexity index is 581. The molecule has 4 nitrogen and oxygen atoms in total. The summed E-state index contributed by atoms with van der Waals surface area (Å²) in [6.07, 6.45) is 4.30. The van der Waals surface area contributed by atoms with Gasteiger partial charge in [-0.1, -0.05) is 30.3 Å². The van der Waals surface area contributed by atoms with Gasteiger partial charge < -0.3 is 10.6 Å². The number of hydrogen-bond donors (Lipinski definition) is 1. The fourth-order valence-electron chi connectivity index (χ4n) is 2.25. The Kier molecular flexibility index (Phi) is 4.70. The van der Waals surface area contributed by atoms with Crippen LogP contribution in [0.25, 0.3) is 0 Å². The van der Waals surface area contributed by atoms with E-state index < -0.39 is 5.54 Å². The lowest BCUT2D eigenvalue weighted by molar-refractivity contribution is -0.135. The number of benzene rings is 1. The van der Waals surface area contributed by atoms with Crippen LogP contribution in [0.4, 0.5) is 0 Å². The summed E-state index contributed by atoms with van der Waals surface area (Å²) in [6.45, 7) is 2.38. The van der Waals surface area contributed by atoms with Crippen LogP contribution in [-0.4, -0.2) is 29.4 Å². The lowest BCUT2D eigenvalue weighted by atomic mass is 9.91. The Labute approximate surface area is 125 Å². The number of nitrogens with two attached hydrogens (primary N) is 1. The molecule has 0 radical (unpaired) electrons. The van der Waals surface area contributed by atoms with E-state index in [1.807, 2.05) is 42.5 Å². The van der Waals surface area contributed by atoms with E-state index in [1.165, 1.54) is 0 Å². The number of likely N-dealkylation sites (N-methyl/N-ethyl adjacent to an activating group) is 1. The SMILES string of the molecule is CN(CCc1ccncc1)C(=O)C(C)(N)c1ccccc1. The summed E-state index contributed by atoms with van der Waals surface area (Å²) in [5.41, 5.74) is 7.22. The first-order chi connectivity index (χ1) is 10.0. The fourth-order valence-corrected chi connectivity index (χ4v) is 2.25. The number of amides is 1. The molecule has 2 aromatic rings. The average Bonchev–Trinajstić information content (AvgIpc) is 2.53. The molecule has 0 aliphatic carbocycles. The van der Waals surface area contributed by atoms with Crippen LogP contribution in [0.3, 0.4) is 0 Å². The van der Waals surface area contributed by atoms with Crippen LogP contribution in [0, 0.1) is 0 Å². The van der Waals surface area contributed by atoms with Crippen molar-refractivity contribution in [3.8, 4) is 0 Å². The van der Waals surface area contributed by atoms with Crippen molar-refractivity contribution >= 4 is 5.91 Å². The zero-order valence-corrected chi connectivity index (χ0v) is 12.5. The fraction of sp³-hybridized carbons (Fsp3) is 0.294.